The highest BCUT2D eigenvalue weighted by Crippen LogP contribution is 2.26. The third-order valence-electron chi connectivity index (χ3n) is 2.90. The van der Waals surface area contributed by atoms with Gasteiger partial charge in [0.1, 0.15) is 0 Å². The molecule has 0 radical (unpaired) electrons. The van der Waals surface area contributed by atoms with Crippen LogP contribution >= 0.6 is 0 Å². The lowest BCUT2D eigenvalue weighted by molar-refractivity contribution is 0.156. The molecule has 0 aromatic carbocycles. The SMILES string of the molecule is Cc1noc(C2CCN(CCO)CC2)n1. The van der Waals surface area contributed by atoms with Crippen molar-refractivity contribution in [3.05, 3.63) is 11.7 Å². The van der Waals surface area contributed by atoms with Gasteiger partial charge in [-0.15, -0.1) is 0 Å². The standard InChI is InChI=1S/C10H17N3O2/c1-8-11-10(15-12-8)9-2-4-13(5-3-9)6-7-14/h9,14H,2-7H2,1H3. The van der Waals surface area contributed by atoms with Crippen molar-refractivity contribution in [3.63, 3.8) is 0 Å². The van der Waals surface area contributed by atoms with Crippen LogP contribution < -0.4 is 0 Å². The minimum Gasteiger partial charge on any atom is -0.395 e. The molecule has 1 aliphatic heterocycles. The largest absolute Gasteiger partial charge is 0.395 e. The van der Waals surface area contributed by atoms with E-state index in [1.165, 1.54) is 0 Å². The van der Waals surface area contributed by atoms with Crippen LogP contribution in [0, 0.1) is 6.92 Å². The first kappa shape index (κ1) is 10.6. The molecule has 1 aromatic rings. The van der Waals surface area contributed by atoms with Gasteiger partial charge < -0.3 is 14.5 Å². The van der Waals surface area contributed by atoms with Gasteiger partial charge in [-0.3, -0.25) is 0 Å². The van der Waals surface area contributed by atoms with Crippen molar-refractivity contribution in [3.8, 4) is 0 Å². The van der Waals surface area contributed by atoms with E-state index in [0.717, 1.165) is 38.4 Å². The van der Waals surface area contributed by atoms with Crippen LogP contribution in [0.15, 0.2) is 4.52 Å². The summed E-state index contributed by atoms with van der Waals surface area (Å²) in [6.45, 7) is 4.87. The highest BCUT2D eigenvalue weighted by atomic mass is 16.5. The molecule has 1 N–H and O–H groups in total. The summed E-state index contributed by atoms with van der Waals surface area (Å²) < 4.78 is 5.17. The van der Waals surface area contributed by atoms with Gasteiger partial charge in [0.2, 0.25) is 5.89 Å². The Morgan fingerprint density at radius 1 is 1.47 bits per heavy atom. The second-order valence-electron chi connectivity index (χ2n) is 4.02. The van der Waals surface area contributed by atoms with Crippen LogP contribution in [0.2, 0.25) is 0 Å². The lowest BCUT2D eigenvalue weighted by atomic mass is 9.97. The van der Waals surface area contributed by atoms with Crippen LogP contribution in [0.1, 0.15) is 30.5 Å². The fourth-order valence-corrected chi connectivity index (χ4v) is 2.02. The third kappa shape index (κ3) is 2.54. The average Bonchev–Trinajstić information content (AvgIpc) is 2.67. The van der Waals surface area contributed by atoms with Crippen LogP contribution in [-0.4, -0.2) is 46.4 Å². The Kier molecular flexibility index (Phi) is 3.33. The first-order chi connectivity index (χ1) is 7.29. The van der Waals surface area contributed by atoms with Gasteiger partial charge in [0.05, 0.1) is 6.61 Å². The van der Waals surface area contributed by atoms with E-state index < -0.39 is 0 Å². The lowest BCUT2D eigenvalue weighted by Gasteiger charge is -2.29. The number of piperidine rings is 1. The summed E-state index contributed by atoms with van der Waals surface area (Å²) in [5, 5.41) is 12.6. The Labute approximate surface area is 89.1 Å². The number of likely N-dealkylation sites (tertiary alicyclic amines) is 1. The molecule has 84 valence electrons. The number of aryl methyl sites for hydroxylation is 1. The number of aromatic nitrogens is 2. The predicted octanol–water partition coefficient (Wildman–Crippen LogP) is 0.550. The summed E-state index contributed by atoms with van der Waals surface area (Å²) in [5.74, 6) is 1.89. The summed E-state index contributed by atoms with van der Waals surface area (Å²) >= 11 is 0. The van der Waals surface area contributed by atoms with Crippen LogP contribution in [0.3, 0.4) is 0 Å². The van der Waals surface area contributed by atoms with Crippen molar-refractivity contribution in [2.75, 3.05) is 26.2 Å². The quantitative estimate of drug-likeness (QED) is 0.791. The highest BCUT2D eigenvalue weighted by Gasteiger charge is 2.24. The second-order valence-corrected chi connectivity index (χ2v) is 4.02. The molecule has 2 heterocycles. The molecule has 0 spiro atoms. The van der Waals surface area contributed by atoms with Crippen LogP contribution in [0.4, 0.5) is 0 Å². The Bertz CT molecular complexity index is 305. The second kappa shape index (κ2) is 4.72. The fraction of sp³-hybridized carbons (Fsp3) is 0.800. The highest BCUT2D eigenvalue weighted by molar-refractivity contribution is 4.95. The van der Waals surface area contributed by atoms with Gasteiger partial charge in [-0.1, -0.05) is 5.16 Å². The first-order valence-corrected chi connectivity index (χ1v) is 5.43. The molecule has 5 nitrogen and oxygen atoms in total. The molecule has 1 aliphatic rings. The monoisotopic (exact) mass is 211 g/mol. The maximum atomic E-state index is 8.82. The maximum absolute atomic E-state index is 8.82. The van der Waals surface area contributed by atoms with Gasteiger partial charge >= 0.3 is 0 Å². The maximum Gasteiger partial charge on any atom is 0.229 e. The molecule has 15 heavy (non-hydrogen) atoms. The van der Waals surface area contributed by atoms with Crippen molar-refractivity contribution in [2.24, 2.45) is 0 Å². The van der Waals surface area contributed by atoms with Gasteiger partial charge in [-0.05, 0) is 32.9 Å². The minimum absolute atomic E-state index is 0.240. The molecule has 0 amide bonds. The zero-order valence-corrected chi connectivity index (χ0v) is 9.02. The molecule has 1 saturated heterocycles. The van der Waals surface area contributed by atoms with E-state index in [9.17, 15) is 0 Å². The summed E-state index contributed by atoms with van der Waals surface area (Å²) in [6, 6.07) is 0. The number of rotatable bonds is 3. The number of nitrogens with zero attached hydrogens (tertiary/aromatic N) is 3. The third-order valence-corrected chi connectivity index (χ3v) is 2.90. The zero-order valence-electron chi connectivity index (χ0n) is 9.02. The molecular formula is C10H17N3O2. The van der Waals surface area contributed by atoms with Gasteiger partial charge in [-0.2, -0.15) is 4.98 Å². The van der Waals surface area contributed by atoms with Gasteiger partial charge in [0, 0.05) is 12.5 Å². The van der Waals surface area contributed by atoms with E-state index in [1.807, 2.05) is 6.92 Å². The van der Waals surface area contributed by atoms with E-state index in [2.05, 4.69) is 15.0 Å². The smallest absolute Gasteiger partial charge is 0.229 e. The summed E-state index contributed by atoms with van der Waals surface area (Å²) in [5.41, 5.74) is 0. The molecule has 0 unspecified atom stereocenters. The van der Waals surface area contributed by atoms with E-state index in [1.54, 1.807) is 0 Å². The molecule has 0 atom stereocenters. The van der Waals surface area contributed by atoms with Gasteiger partial charge in [0.15, 0.2) is 5.82 Å². The average molecular weight is 211 g/mol. The fourth-order valence-electron chi connectivity index (χ4n) is 2.02. The van der Waals surface area contributed by atoms with E-state index >= 15 is 0 Å². The van der Waals surface area contributed by atoms with Crippen molar-refractivity contribution in [2.45, 2.75) is 25.7 Å². The zero-order chi connectivity index (χ0) is 10.7. The van der Waals surface area contributed by atoms with Gasteiger partial charge in [0.25, 0.3) is 0 Å². The molecule has 1 fully saturated rings. The number of aliphatic hydroxyl groups excluding tert-OH is 1. The molecule has 1 aromatic heterocycles. The van der Waals surface area contributed by atoms with Gasteiger partial charge in [-0.25, -0.2) is 0 Å². The molecule has 0 bridgehead atoms. The molecular weight excluding hydrogens is 194 g/mol. The Morgan fingerprint density at radius 2 is 2.20 bits per heavy atom. The summed E-state index contributed by atoms with van der Waals surface area (Å²) in [4.78, 5) is 6.52. The molecule has 0 aliphatic carbocycles. The van der Waals surface area contributed by atoms with Crippen molar-refractivity contribution < 1.29 is 9.63 Å². The molecule has 2 rings (SSSR count). The molecule has 0 saturated carbocycles. The number of aliphatic hydroxyl groups is 1. The lowest BCUT2D eigenvalue weighted by Crippen LogP contribution is -2.35. The Hall–Kier alpha value is -0.940. The van der Waals surface area contributed by atoms with Crippen LogP contribution in [0.5, 0.6) is 0 Å². The number of hydrogen-bond donors (Lipinski definition) is 1. The van der Waals surface area contributed by atoms with Crippen LogP contribution in [-0.2, 0) is 0 Å². The predicted molar refractivity (Wildman–Crippen MR) is 54.5 cm³/mol. The minimum atomic E-state index is 0.240. The van der Waals surface area contributed by atoms with E-state index in [4.69, 9.17) is 9.63 Å². The normalized spacial score (nSPS) is 19.6. The number of β-amino-alcohol motifs (C(OH)–C–C–N with tert-alkyl or cyclic N) is 1. The summed E-state index contributed by atoms with van der Waals surface area (Å²) in [6.07, 6.45) is 2.09. The summed E-state index contributed by atoms with van der Waals surface area (Å²) in [7, 11) is 0. The van der Waals surface area contributed by atoms with E-state index in [0.29, 0.717) is 11.7 Å². The van der Waals surface area contributed by atoms with Crippen molar-refractivity contribution in [1.29, 1.82) is 0 Å². The van der Waals surface area contributed by atoms with Crippen LogP contribution in [0.25, 0.3) is 0 Å². The van der Waals surface area contributed by atoms with E-state index in [-0.39, 0.29) is 6.61 Å². The van der Waals surface area contributed by atoms with Crippen molar-refractivity contribution in [1.82, 2.24) is 15.0 Å². The topological polar surface area (TPSA) is 62.4 Å². The van der Waals surface area contributed by atoms with Crippen molar-refractivity contribution >= 4 is 0 Å². The Morgan fingerprint density at radius 3 is 2.73 bits per heavy atom. The first-order valence-electron chi connectivity index (χ1n) is 5.43. The Balaban J connectivity index is 1.88. The number of hydrogen-bond acceptors (Lipinski definition) is 5. The molecule has 5 heteroatoms.